The van der Waals surface area contributed by atoms with Crippen molar-refractivity contribution in [2.75, 3.05) is 13.6 Å². The Labute approximate surface area is 71.9 Å². The van der Waals surface area contributed by atoms with Gasteiger partial charge in [0.15, 0.2) is 5.78 Å². The monoisotopic (exact) mass is 161 g/mol. The summed E-state index contributed by atoms with van der Waals surface area (Å²) in [4.78, 5) is 13.5. The van der Waals surface area contributed by atoms with E-state index in [2.05, 4.69) is 11.0 Å². The van der Waals surface area contributed by atoms with Crippen LogP contribution in [0.3, 0.4) is 0 Å². The average molecular weight is 161 g/mol. The summed E-state index contributed by atoms with van der Waals surface area (Å²) in [7, 11) is 1.97. The van der Waals surface area contributed by atoms with Gasteiger partial charge in [-0.3, -0.25) is 9.69 Å². The molecule has 1 unspecified atom stereocenters. The van der Waals surface area contributed by atoms with Crippen molar-refractivity contribution in [1.29, 1.82) is 0 Å². The van der Waals surface area contributed by atoms with E-state index in [1.54, 1.807) is 6.08 Å². The molecule has 0 fully saturated rings. The lowest BCUT2D eigenvalue weighted by Gasteiger charge is -2.30. The number of nitrogens with zero attached hydrogens (tertiary/aromatic N) is 1. The van der Waals surface area contributed by atoms with Gasteiger partial charge in [-0.25, -0.2) is 0 Å². The summed E-state index contributed by atoms with van der Waals surface area (Å²) < 4.78 is 0. The Balaban J connectivity index is 2.40. The first-order valence-electron chi connectivity index (χ1n) is 4.08. The number of rotatable bonds is 0. The molecule has 0 spiro atoms. The third-order valence-corrected chi connectivity index (χ3v) is 2.28. The molecule has 2 rings (SSSR count). The lowest BCUT2D eigenvalue weighted by molar-refractivity contribution is -0.118. The van der Waals surface area contributed by atoms with Gasteiger partial charge in [-0.2, -0.15) is 0 Å². The molecule has 0 N–H and O–H groups in total. The van der Waals surface area contributed by atoms with Crippen LogP contribution in [0.15, 0.2) is 36.0 Å². The number of likely N-dealkylation sites (N-methyl/N-ethyl adjacent to an activating group) is 1. The van der Waals surface area contributed by atoms with Crippen molar-refractivity contribution in [3.05, 3.63) is 36.0 Å². The zero-order chi connectivity index (χ0) is 8.55. The van der Waals surface area contributed by atoms with Crippen molar-refractivity contribution in [3.8, 4) is 0 Å². The van der Waals surface area contributed by atoms with Gasteiger partial charge < -0.3 is 0 Å². The normalized spacial score (nSPS) is 28.6. The second-order valence-electron chi connectivity index (χ2n) is 3.17. The molecule has 0 saturated heterocycles. The number of fused-ring (bicyclic) bond motifs is 1. The van der Waals surface area contributed by atoms with Crippen molar-refractivity contribution in [2.24, 2.45) is 0 Å². The van der Waals surface area contributed by atoms with Crippen LogP contribution in [0, 0.1) is 0 Å². The zero-order valence-electron chi connectivity index (χ0n) is 7.03. The number of ketones is 1. The molecule has 1 atom stereocenters. The van der Waals surface area contributed by atoms with E-state index in [4.69, 9.17) is 0 Å². The van der Waals surface area contributed by atoms with Gasteiger partial charge in [0.2, 0.25) is 0 Å². The molecule has 0 saturated carbocycles. The Bertz CT molecular complexity index is 299. The largest absolute Gasteiger partial charge is 0.293 e. The molecule has 12 heavy (non-hydrogen) atoms. The highest BCUT2D eigenvalue weighted by atomic mass is 16.1. The van der Waals surface area contributed by atoms with Gasteiger partial charge in [0.1, 0.15) is 0 Å². The molecule has 0 amide bonds. The summed E-state index contributed by atoms with van der Waals surface area (Å²) in [5.41, 5.74) is 1.11. The summed E-state index contributed by atoms with van der Waals surface area (Å²) >= 11 is 0. The molecular weight excluding hydrogens is 150 g/mol. The molecule has 1 aliphatic carbocycles. The molecule has 0 aromatic heterocycles. The molecule has 2 aliphatic rings. The summed E-state index contributed by atoms with van der Waals surface area (Å²) in [6, 6.07) is -0.0278. The van der Waals surface area contributed by atoms with Crippen LogP contribution in [0.5, 0.6) is 0 Å². The van der Waals surface area contributed by atoms with Gasteiger partial charge in [-0.1, -0.05) is 24.3 Å². The maximum Gasteiger partial charge on any atom is 0.177 e. The Morgan fingerprint density at radius 3 is 3.08 bits per heavy atom. The number of hydrogen-bond acceptors (Lipinski definition) is 2. The Morgan fingerprint density at radius 2 is 2.33 bits per heavy atom. The first-order valence-corrected chi connectivity index (χ1v) is 4.08. The van der Waals surface area contributed by atoms with Gasteiger partial charge in [0.05, 0.1) is 6.04 Å². The van der Waals surface area contributed by atoms with Crippen LogP contribution in [-0.2, 0) is 4.79 Å². The fraction of sp³-hybridized carbons (Fsp3) is 0.300. The second kappa shape index (κ2) is 2.72. The highest BCUT2D eigenvalue weighted by molar-refractivity contribution is 5.98. The molecule has 1 heterocycles. The van der Waals surface area contributed by atoms with E-state index in [-0.39, 0.29) is 11.8 Å². The minimum Gasteiger partial charge on any atom is -0.293 e. The summed E-state index contributed by atoms with van der Waals surface area (Å²) in [6.07, 6.45) is 9.57. The number of carbonyl (C=O) groups is 1. The van der Waals surface area contributed by atoms with E-state index in [0.717, 1.165) is 12.1 Å². The van der Waals surface area contributed by atoms with E-state index < -0.39 is 0 Å². The molecule has 0 bridgehead atoms. The van der Waals surface area contributed by atoms with Gasteiger partial charge in [-0.05, 0) is 18.7 Å². The smallest absolute Gasteiger partial charge is 0.177 e. The summed E-state index contributed by atoms with van der Waals surface area (Å²) in [5, 5.41) is 0. The maximum absolute atomic E-state index is 11.4. The van der Waals surface area contributed by atoms with Crippen LogP contribution < -0.4 is 0 Å². The first kappa shape index (κ1) is 7.50. The Hall–Kier alpha value is -1.15. The van der Waals surface area contributed by atoms with Crippen LogP contribution >= 0.6 is 0 Å². The molecule has 0 radical (unpaired) electrons. The first-order chi connectivity index (χ1) is 5.79. The van der Waals surface area contributed by atoms with Crippen molar-refractivity contribution in [3.63, 3.8) is 0 Å². The van der Waals surface area contributed by atoms with Crippen molar-refractivity contribution in [2.45, 2.75) is 6.04 Å². The predicted octanol–water partition coefficient (Wildman–Crippen LogP) is 0.922. The minimum atomic E-state index is -0.0278. The van der Waals surface area contributed by atoms with Gasteiger partial charge in [0, 0.05) is 6.54 Å². The van der Waals surface area contributed by atoms with Crippen LogP contribution in [0.1, 0.15) is 0 Å². The van der Waals surface area contributed by atoms with Crippen molar-refractivity contribution >= 4 is 5.78 Å². The average Bonchev–Trinajstić information content (AvgIpc) is 2.04. The number of carbonyl (C=O) groups excluding carboxylic acids is 1. The number of hydrogen-bond donors (Lipinski definition) is 0. The van der Waals surface area contributed by atoms with E-state index in [1.165, 1.54) is 0 Å². The van der Waals surface area contributed by atoms with E-state index in [9.17, 15) is 4.79 Å². The van der Waals surface area contributed by atoms with Crippen molar-refractivity contribution < 1.29 is 4.79 Å². The Morgan fingerprint density at radius 1 is 1.50 bits per heavy atom. The van der Waals surface area contributed by atoms with E-state index in [1.807, 2.05) is 25.3 Å². The zero-order valence-corrected chi connectivity index (χ0v) is 7.03. The van der Waals surface area contributed by atoms with E-state index in [0.29, 0.717) is 0 Å². The standard InChI is InChI=1S/C10H11NO/c1-11-7-3-5-8-4-2-6-9(12)10(8)11/h2-6,10H,7H2,1H3. The quantitative estimate of drug-likeness (QED) is 0.526. The molecule has 1 aliphatic heterocycles. The van der Waals surface area contributed by atoms with Gasteiger partial charge in [-0.15, -0.1) is 0 Å². The molecule has 2 heteroatoms. The van der Waals surface area contributed by atoms with Gasteiger partial charge in [0.25, 0.3) is 0 Å². The third kappa shape index (κ3) is 1.04. The lowest BCUT2D eigenvalue weighted by Crippen LogP contribution is -2.41. The van der Waals surface area contributed by atoms with Gasteiger partial charge >= 0.3 is 0 Å². The molecule has 0 aromatic carbocycles. The molecular formula is C10H11NO. The highest BCUT2D eigenvalue weighted by Gasteiger charge is 2.26. The fourth-order valence-electron chi connectivity index (χ4n) is 1.68. The highest BCUT2D eigenvalue weighted by Crippen LogP contribution is 2.20. The number of allylic oxidation sites excluding steroid dienone is 2. The summed E-state index contributed by atoms with van der Waals surface area (Å²) in [5.74, 6) is 0.194. The van der Waals surface area contributed by atoms with Crippen LogP contribution in [0.25, 0.3) is 0 Å². The van der Waals surface area contributed by atoms with Crippen LogP contribution in [0.4, 0.5) is 0 Å². The van der Waals surface area contributed by atoms with Crippen molar-refractivity contribution in [1.82, 2.24) is 4.90 Å². The van der Waals surface area contributed by atoms with Crippen LogP contribution in [0.2, 0.25) is 0 Å². The minimum absolute atomic E-state index is 0.0278. The van der Waals surface area contributed by atoms with E-state index >= 15 is 0 Å². The molecule has 0 aromatic rings. The fourth-order valence-corrected chi connectivity index (χ4v) is 1.68. The maximum atomic E-state index is 11.4. The SMILES string of the molecule is CN1CC=CC2=CC=CC(=O)C21. The third-order valence-electron chi connectivity index (χ3n) is 2.28. The predicted molar refractivity (Wildman–Crippen MR) is 47.8 cm³/mol. The summed E-state index contributed by atoms with van der Waals surface area (Å²) in [6.45, 7) is 0.863. The Kier molecular flexibility index (Phi) is 1.70. The lowest BCUT2D eigenvalue weighted by atomic mass is 9.94. The second-order valence-corrected chi connectivity index (χ2v) is 3.17. The topological polar surface area (TPSA) is 20.3 Å². The molecule has 2 nitrogen and oxygen atoms in total. The van der Waals surface area contributed by atoms with Crippen LogP contribution in [-0.4, -0.2) is 30.3 Å². The molecule has 62 valence electrons.